The van der Waals surface area contributed by atoms with Crippen molar-refractivity contribution in [2.24, 2.45) is 0 Å². The largest absolute Gasteiger partial charge is 0.497 e. The number of hydrogen-bond acceptors (Lipinski definition) is 5. The summed E-state index contributed by atoms with van der Waals surface area (Å²) >= 11 is 1.39. The van der Waals surface area contributed by atoms with Crippen LogP contribution in [-0.4, -0.2) is 16.7 Å². The molecule has 0 saturated heterocycles. The van der Waals surface area contributed by atoms with Gasteiger partial charge >= 0.3 is 0 Å². The zero-order valence-corrected chi connectivity index (χ0v) is 10.3. The summed E-state index contributed by atoms with van der Waals surface area (Å²) in [5, 5.41) is 8.32. The number of methoxy groups -OCH3 is 1. The third kappa shape index (κ3) is 1.98. The summed E-state index contributed by atoms with van der Waals surface area (Å²) in [5.41, 5.74) is 2.73. The number of hydrogen-bond donors (Lipinski definition) is 1. The highest BCUT2D eigenvalue weighted by molar-refractivity contribution is 7.09. The van der Waals surface area contributed by atoms with Crippen LogP contribution in [0.1, 0.15) is 23.6 Å². The van der Waals surface area contributed by atoms with Crippen molar-refractivity contribution in [3.63, 3.8) is 0 Å². The Morgan fingerprint density at radius 3 is 3.18 bits per heavy atom. The Morgan fingerprint density at radius 1 is 1.47 bits per heavy atom. The second-order valence-electron chi connectivity index (χ2n) is 4.08. The molecule has 1 heterocycles. The summed E-state index contributed by atoms with van der Waals surface area (Å²) < 4.78 is 9.13. The van der Waals surface area contributed by atoms with Crippen LogP contribution in [0.3, 0.4) is 0 Å². The molecule has 4 nitrogen and oxygen atoms in total. The number of nitrogens with zero attached hydrogens (tertiary/aromatic N) is 2. The highest BCUT2D eigenvalue weighted by atomic mass is 32.1. The smallest absolute Gasteiger partial charge is 0.130 e. The van der Waals surface area contributed by atoms with E-state index in [0.717, 1.165) is 23.6 Å². The first-order valence-electron chi connectivity index (χ1n) is 5.57. The van der Waals surface area contributed by atoms with Crippen molar-refractivity contribution in [2.75, 3.05) is 12.4 Å². The predicted molar refractivity (Wildman–Crippen MR) is 67.6 cm³/mol. The van der Waals surface area contributed by atoms with Gasteiger partial charge in [-0.2, -0.15) is 0 Å². The van der Waals surface area contributed by atoms with E-state index < -0.39 is 0 Å². The number of aromatic nitrogens is 2. The number of fused-ring (bicyclic) bond motifs is 1. The normalized spacial score (nSPS) is 17.8. The van der Waals surface area contributed by atoms with E-state index in [9.17, 15) is 0 Å². The molecule has 0 aliphatic heterocycles. The molecule has 5 heteroatoms. The second kappa shape index (κ2) is 4.33. The lowest BCUT2D eigenvalue weighted by molar-refractivity contribution is 0.414. The minimum absolute atomic E-state index is 0.349. The summed E-state index contributed by atoms with van der Waals surface area (Å²) in [4.78, 5) is 0. The van der Waals surface area contributed by atoms with Crippen LogP contribution in [-0.2, 0) is 6.42 Å². The second-order valence-corrected chi connectivity index (χ2v) is 4.87. The Balaban J connectivity index is 1.87. The first-order chi connectivity index (χ1) is 8.36. The molecule has 0 spiro atoms. The fourth-order valence-corrected chi connectivity index (χ4v) is 2.73. The lowest BCUT2D eigenvalue weighted by Gasteiger charge is -2.13. The molecule has 2 aromatic rings. The van der Waals surface area contributed by atoms with Crippen molar-refractivity contribution in [2.45, 2.75) is 18.9 Å². The molecule has 3 rings (SSSR count). The zero-order valence-electron chi connectivity index (χ0n) is 9.51. The van der Waals surface area contributed by atoms with E-state index in [-0.39, 0.29) is 0 Å². The SMILES string of the molecule is COc1ccc2c(c1)C(Nc1cnns1)CC2. The van der Waals surface area contributed by atoms with Crippen molar-refractivity contribution < 1.29 is 4.74 Å². The molecular weight excluding hydrogens is 234 g/mol. The molecule has 0 bridgehead atoms. The number of benzene rings is 1. The number of rotatable bonds is 3. The molecule has 0 radical (unpaired) electrons. The molecule has 1 aromatic heterocycles. The topological polar surface area (TPSA) is 47.0 Å². The van der Waals surface area contributed by atoms with Crippen molar-refractivity contribution in [3.05, 3.63) is 35.5 Å². The maximum atomic E-state index is 5.27. The van der Waals surface area contributed by atoms with Gasteiger partial charge in [0.05, 0.1) is 19.3 Å². The Bertz CT molecular complexity index is 512. The van der Waals surface area contributed by atoms with Crippen molar-refractivity contribution in [3.8, 4) is 5.75 Å². The first-order valence-corrected chi connectivity index (χ1v) is 6.35. The van der Waals surface area contributed by atoms with Gasteiger partial charge in [-0.05, 0) is 36.1 Å². The van der Waals surface area contributed by atoms with Crippen LogP contribution < -0.4 is 10.1 Å². The van der Waals surface area contributed by atoms with Gasteiger partial charge < -0.3 is 10.1 Å². The summed E-state index contributed by atoms with van der Waals surface area (Å²) in [7, 11) is 1.70. The average molecular weight is 247 g/mol. The fraction of sp³-hybridized carbons (Fsp3) is 0.333. The van der Waals surface area contributed by atoms with Gasteiger partial charge in [0.1, 0.15) is 10.8 Å². The summed E-state index contributed by atoms with van der Waals surface area (Å²) in [6.45, 7) is 0. The molecule has 88 valence electrons. The van der Waals surface area contributed by atoms with Crippen molar-refractivity contribution in [1.82, 2.24) is 9.59 Å². The van der Waals surface area contributed by atoms with Crippen LogP contribution >= 0.6 is 11.5 Å². The highest BCUT2D eigenvalue weighted by Crippen LogP contribution is 2.36. The molecule has 0 fully saturated rings. The monoisotopic (exact) mass is 247 g/mol. The van der Waals surface area contributed by atoms with Gasteiger partial charge in [0.25, 0.3) is 0 Å². The van der Waals surface area contributed by atoms with Crippen LogP contribution in [0.2, 0.25) is 0 Å². The molecule has 1 aromatic carbocycles. The van der Waals surface area contributed by atoms with E-state index in [1.165, 1.54) is 22.7 Å². The maximum absolute atomic E-state index is 5.27. The lowest BCUT2D eigenvalue weighted by Crippen LogP contribution is -2.05. The van der Waals surface area contributed by atoms with E-state index in [0.29, 0.717) is 6.04 Å². The molecule has 1 aliphatic carbocycles. The number of ether oxygens (including phenoxy) is 1. The minimum Gasteiger partial charge on any atom is -0.497 e. The summed E-state index contributed by atoms with van der Waals surface area (Å²) in [6, 6.07) is 6.65. The van der Waals surface area contributed by atoms with Gasteiger partial charge in [-0.15, -0.1) is 5.10 Å². The summed E-state index contributed by atoms with van der Waals surface area (Å²) in [6.07, 6.45) is 3.99. The van der Waals surface area contributed by atoms with Crippen molar-refractivity contribution in [1.29, 1.82) is 0 Å². The van der Waals surface area contributed by atoms with E-state index in [2.05, 4.69) is 27.0 Å². The molecule has 1 atom stereocenters. The zero-order chi connectivity index (χ0) is 11.7. The van der Waals surface area contributed by atoms with Crippen LogP contribution in [0.15, 0.2) is 24.4 Å². The molecule has 1 N–H and O–H groups in total. The third-order valence-electron chi connectivity index (χ3n) is 3.11. The van der Waals surface area contributed by atoms with Gasteiger partial charge in [-0.3, -0.25) is 0 Å². The highest BCUT2D eigenvalue weighted by Gasteiger charge is 2.23. The average Bonchev–Trinajstić information content (AvgIpc) is 2.99. The van der Waals surface area contributed by atoms with E-state index in [1.807, 2.05) is 6.07 Å². The fourth-order valence-electron chi connectivity index (χ4n) is 2.26. The van der Waals surface area contributed by atoms with Crippen LogP contribution in [0.4, 0.5) is 5.00 Å². The van der Waals surface area contributed by atoms with E-state index >= 15 is 0 Å². The molecule has 0 saturated carbocycles. The van der Waals surface area contributed by atoms with Gasteiger partial charge in [-0.25, -0.2) is 0 Å². The standard InChI is InChI=1S/C12H13N3OS/c1-16-9-4-2-8-3-5-11(10(8)6-9)14-12-7-13-15-17-12/h2,4,6-7,11,14H,3,5H2,1H3. The minimum atomic E-state index is 0.349. The Hall–Kier alpha value is -1.62. The van der Waals surface area contributed by atoms with Crippen LogP contribution in [0.25, 0.3) is 0 Å². The maximum Gasteiger partial charge on any atom is 0.130 e. The Labute approximate surface area is 104 Å². The summed E-state index contributed by atoms with van der Waals surface area (Å²) in [5.74, 6) is 0.917. The Kier molecular flexibility index (Phi) is 2.68. The van der Waals surface area contributed by atoms with Crippen molar-refractivity contribution >= 4 is 16.5 Å². The molecule has 17 heavy (non-hydrogen) atoms. The lowest BCUT2D eigenvalue weighted by atomic mass is 10.1. The quantitative estimate of drug-likeness (QED) is 0.905. The number of aryl methyl sites for hydroxylation is 1. The first kappa shape index (κ1) is 10.5. The van der Waals surface area contributed by atoms with Crippen LogP contribution in [0, 0.1) is 0 Å². The van der Waals surface area contributed by atoms with E-state index in [1.54, 1.807) is 13.3 Å². The van der Waals surface area contributed by atoms with Crippen LogP contribution in [0.5, 0.6) is 5.75 Å². The van der Waals surface area contributed by atoms with Gasteiger partial charge in [0, 0.05) is 11.5 Å². The molecular formula is C12H13N3OS. The van der Waals surface area contributed by atoms with Gasteiger partial charge in [0.15, 0.2) is 0 Å². The Morgan fingerprint density at radius 2 is 2.41 bits per heavy atom. The molecule has 0 amide bonds. The van der Waals surface area contributed by atoms with Gasteiger partial charge in [-0.1, -0.05) is 10.6 Å². The number of nitrogens with one attached hydrogen (secondary N) is 1. The third-order valence-corrected chi connectivity index (χ3v) is 3.70. The van der Waals surface area contributed by atoms with E-state index in [4.69, 9.17) is 4.74 Å². The molecule has 1 aliphatic rings. The predicted octanol–water partition coefficient (Wildman–Crippen LogP) is 2.65. The number of anilines is 1. The van der Waals surface area contributed by atoms with Gasteiger partial charge in [0.2, 0.25) is 0 Å². The molecule has 1 unspecified atom stereocenters.